The molecule has 1 aliphatic rings. The van der Waals surface area contributed by atoms with Crippen LogP contribution in [-0.4, -0.2) is 35.0 Å². The molecule has 5 heteroatoms. The van der Waals surface area contributed by atoms with Gasteiger partial charge in [-0.25, -0.2) is 0 Å². The minimum absolute atomic E-state index is 0.0522. The van der Waals surface area contributed by atoms with Crippen LogP contribution in [0.25, 0.3) is 0 Å². The predicted molar refractivity (Wildman–Crippen MR) is 72.5 cm³/mol. The molecular weight excluding hydrogens is 266 g/mol. The van der Waals surface area contributed by atoms with E-state index in [0.717, 1.165) is 5.56 Å². The fraction of sp³-hybridized carbons (Fsp3) is 0.429. The Morgan fingerprint density at radius 3 is 2.47 bits per heavy atom. The van der Waals surface area contributed by atoms with Crippen molar-refractivity contribution in [2.24, 2.45) is 5.92 Å². The van der Waals surface area contributed by atoms with Crippen LogP contribution in [0.4, 0.5) is 0 Å². The summed E-state index contributed by atoms with van der Waals surface area (Å²) >= 11 is 5.93. The van der Waals surface area contributed by atoms with E-state index in [1.807, 2.05) is 6.92 Å². The van der Waals surface area contributed by atoms with Crippen LogP contribution in [0, 0.1) is 12.8 Å². The number of carbonyl (C=O) groups is 2. The maximum Gasteiger partial charge on any atom is 0.306 e. The van der Waals surface area contributed by atoms with Gasteiger partial charge in [0.15, 0.2) is 0 Å². The molecule has 0 unspecified atom stereocenters. The quantitative estimate of drug-likeness (QED) is 0.906. The van der Waals surface area contributed by atoms with Gasteiger partial charge in [0.2, 0.25) is 0 Å². The van der Waals surface area contributed by atoms with E-state index in [0.29, 0.717) is 36.5 Å². The Bertz CT molecular complexity index is 507. The summed E-state index contributed by atoms with van der Waals surface area (Å²) in [5, 5.41) is 9.57. The van der Waals surface area contributed by atoms with Gasteiger partial charge >= 0.3 is 5.97 Å². The average molecular weight is 282 g/mol. The molecule has 0 bridgehead atoms. The highest BCUT2D eigenvalue weighted by Crippen LogP contribution is 2.21. The number of aliphatic carboxylic acids is 1. The van der Waals surface area contributed by atoms with E-state index in [-0.39, 0.29) is 11.8 Å². The number of carbonyl (C=O) groups excluding carboxylic acids is 1. The van der Waals surface area contributed by atoms with E-state index in [4.69, 9.17) is 16.7 Å². The van der Waals surface area contributed by atoms with Crippen LogP contribution in [0.3, 0.4) is 0 Å². The molecule has 0 spiro atoms. The number of hydrogen-bond acceptors (Lipinski definition) is 2. The highest BCUT2D eigenvalue weighted by molar-refractivity contribution is 6.31. The largest absolute Gasteiger partial charge is 0.481 e. The van der Waals surface area contributed by atoms with E-state index < -0.39 is 5.97 Å². The van der Waals surface area contributed by atoms with E-state index >= 15 is 0 Å². The van der Waals surface area contributed by atoms with Gasteiger partial charge in [-0.15, -0.1) is 0 Å². The van der Waals surface area contributed by atoms with Crippen molar-refractivity contribution in [3.8, 4) is 0 Å². The molecule has 0 atom stereocenters. The number of rotatable bonds is 2. The first kappa shape index (κ1) is 13.9. The third kappa shape index (κ3) is 3.07. The number of piperidine rings is 1. The van der Waals surface area contributed by atoms with Gasteiger partial charge in [-0.3, -0.25) is 9.59 Å². The number of amides is 1. The number of carboxylic acids is 1. The number of likely N-dealkylation sites (tertiary alicyclic amines) is 1. The summed E-state index contributed by atoms with van der Waals surface area (Å²) in [5.41, 5.74) is 1.48. The monoisotopic (exact) mass is 281 g/mol. The molecule has 1 heterocycles. The molecule has 0 radical (unpaired) electrons. The molecule has 19 heavy (non-hydrogen) atoms. The van der Waals surface area contributed by atoms with Gasteiger partial charge < -0.3 is 10.0 Å². The van der Waals surface area contributed by atoms with Crippen LogP contribution >= 0.6 is 11.6 Å². The molecule has 0 aliphatic carbocycles. The molecule has 0 aromatic heterocycles. The molecule has 4 nitrogen and oxygen atoms in total. The van der Waals surface area contributed by atoms with Gasteiger partial charge in [0.1, 0.15) is 0 Å². The third-order valence-electron chi connectivity index (χ3n) is 3.54. The Morgan fingerprint density at radius 1 is 1.32 bits per heavy atom. The molecule has 102 valence electrons. The number of halogens is 1. The fourth-order valence-electron chi connectivity index (χ4n) is 2.29. The maximum atomic E-state index is 12.3. The summed E-state index contributed by atoms with van der Waals surface area (Å²) in [7, 11) is 0. The van der Waals surface area contributed by atoms with Gasteiger partial charge in [0, 0.05) is 23.7 Å². The average Bonchev–Trinajstić information content (AvgIpc) is 2.41. The second kappa shape index (κ2) is 5.61. The zero-order chi connectivity index (χ0) is 14.0. The van der Waals surface area contributed by atoms with Crippen LogP contribution in [0.2, 0.25) is 5.02 Å². The topological polar surface area (TPSA) is 57.6 Å². The SMILES string of the molecule is Cc1cc(C(=O)N2CCC(C(=O)O)CC2)ccc1Cl. The van der Waals surface area contributed by atoms with Crippen molar-refractivity contribution in [3.63, 3.8) is 0 Å². The molecule has 1 fully saturated rings. The zero-order valence-corrected chi connectivity index (χ0v) is 11.5. The normalized spacial score (nSPS) is 16.4. The number of nitrogens with zero attached hydrogens (tertiary/aromatic N) is 1. The predicted octanol–water partition coefficient (Wildman–Crippen LogP) is 2.59. The first-order valence-electron chi connectivity index (χ1n) is 6.27. The molecule has 1 saturated heterocycles. The summed E-state index contributed by atoms with van der Waals surface area (Å²) in [6, 6.07) is 5.20. The summed E-state index contributed by atoms with van der Waals surface area (Å²) in [5.74, 6) is -1.14. The molecule has 1 amide bonds. The van der Waals surface area contributed by atoms with Crippen molar-refractivity contribution in [1.82, 2.24) is 4.90 Å². The van der Waals surface area contributed by atoms with Crippen molar-refractivity contribution < 1.29 is 14.7 Å². The number of benzene rings is 1. The lowest BCUT2D eigenvalue weighted by Gasteiger charge is -2.30. The number of aryl methyl sites for hydroxylation is 1. The lowest BCUT2D eigenvalue weighted by Crippen LogP contribution is -2.40. The van der Waals surface area contributed by atoms with Gasteiger partial charge in [-0.1, -0.05) is 11.6 Å². The highest BCUT2D eigenvalue weighted by Gasteiger charge is 2.27. The van der Waals surface area contributed by atoms with Crippen LogP contribution in [-0.2, 0) is 4.79 Å². The van der Waals surface area contributed by atoms with Crippen molar-refractivity contribution in [2.45, 2.75) is 19.8 Å². The second-order valence-corrected chi connectivity index (χ2v) is 5.28. The van der Waals surface area contributed by atoms with Crippen LogP contribution in [0.5, 0.6) is 0 Å². The maximum absolute atomic E-state index is 12.3. The van der Waals surface area contributed by atoms with Crippen LogP contribution < -0.4 is 0 Å². The van der Waals surface area contributed by atoms with Crippen LogP contribution in [0.1, 0.15) is 28.8 Å². The summed E-state index contributed by atoms with van der Waals surface area (Å²) in [6.45, 7) is 2.85. The second-order valence-electron chi connectivity index (χ2n) is 4.87. The molecule has 1 aliphatic heterocycles. The molecule has 1 aromatic carbocycles. The summed E-state index contributed by atoms with van der Waals surface area (Å²) < 4.78 is 0. The van der Waals surface area contributed by atoms with Crippen molar-refractivity contribution in [3.05, 3.63) is 34.3 Å². The highest BCUT2D eigenvalue weighted by atomic mass is 35.5. The lowest BCUT2D eigenvalue weighted by atomic mass is 9.96. The standard InChI is InChI=1S/C14H16ClNO3/c1-9-8-11(2-3-12(9)15)13(17)16-6-4-10(5-7-16)14(18)19/h2-3,8,10H,4-7H2,1H3,(H,18,19). The molecule has 1 N–H and O–H groups in total. The van der Waals surface area contributed by atoms with Crippen LogP contribution in [0.15, 0.2) is 18.2 Å². The smallest absolute Gasteiger partial charge is 0.306 e. The van der Waals surface area contributed by atoms with Crippen molar-refractivity contribution in [2.75, 3.05) is 13.1 Å². The fourth-order valence-corrected chi connectivity index (χ4v) is 2.41. The summed E-state index contributed by atoms with van der Waals surface area (Å²) in [6.07, 6.45) is 1.04. The number of hydrogen-bond donors (Lipinski definition) is 1. The van der Waals surface area contributed by atoms with Gasteiger partial charge in [-0.2, -0.15) is 0 Å². The first-order valence-corrected chi connectivity index (χ1v) is 6.65. The van der Waals surface area contributed by atoms with E-state index in [2.05, 4.69) is 0 Å². The summed E-state index contributed by atoms with van der Waals surface area (Å²) in [4.78, 5) is 24.9. The number of carboxylic acid groups (broad SMARTS) is 1. The minimum Gasteiger partial charge on any atom is -0.481 e. The van der Waals surface area contributed by atoms with E-state index in [9.17, 15) is 9.59 Å². The first-order chi connectivity index (χ1) is 8.99. The molecule has 2 rings (SSSR count). The molecule has 0 saturated carbocycles. The van der Waals surface area contributed by atoms with Crippen molar-refractivity contribution in [1.29, 1.82) is 0 Å². The van der Waals surface area contributed by atoms with E-state index in [1.165, 1.54) is 0 Å². The molecular formula is C14H16ClNO3. The molecule has 1 aromatic rings. The lowest BCUT2D eigenvalue weighted by molar-refractivity contribution is -0.143. The van der Waals surface area contributed by atoms with Gasteiger partial charge in [-0.05, 0) is 43.5 Å². The Labute approximate surface area is 117 Å². The Balaban J connectivity index is 2.05. The van der Waals surface area contributed by atoms with E-state index in [1.54, 1.807) is 23.1 Å². The Hall–Kier alpha value is -1.55. The Kier molecular flexibility index (Phi) is 4.10. The van der Waals surface area contributed by atoms with Crippen molar-refractivity contribution >= 4 is 23.5 Å². The third-order valence-corrected chi connectivity index (χ3v) is 3.96. The Morgan fingerprint density at radius 2 is 1.95 bits per heavy atom. The van der Waals surface area contributed by atoms with Gasteiger partial charge in [0.25, 0.3) is 5.91 Å². The minimum atomic E-state index is -0.769. The van der Waals surface area contributed by atoms with Gasteiger partial charge in [0.05, 0.1) is 5.92 Å². The zero-order valence-electron chi connectivity index (χ0n) is 10.7.